The minimum Gasteiger partial charge on any atom is -0.487 e. The lowest BCUT2D eigenvalue weighted by Gasteiger charge is -2.26. The third-order valence-corrected chi connectivity index (χ3v) is 4.22. The highest BCUT2D eigenvalue weighted by atomic mass is 16.6. The number of nitrogens with zero attached hydrogens (tertiary/aromatic N) is 2. The first kappa shape index (κ1) is 13.2. The van der Waals surface area contributed by atoms with Gasteiger partial charge in [0.2, 0.25) is 0 Å². The Bertz CT molecular complexity index is 520. The van der Waals surface area contributed by atoms with Crippen LogP contribution in [0.1, 0.15) is 13.3 Å². The molecule has 20 heavy (non-hydrogen) atoms. The van der Waals surface area contributed by atoms with E-state index in [-0.39, 0.29) is 5.69 Å². The van der Waals surface area contributed by atoms with Crippen molar-refractivity contribution >= 4 is 11.4 Å². The molecule has 1 aromatic carbocycles. The summed E-state index contributed by atoms with van der Waals surface area (Å²) in [4.78, 5) is 13.0. The molecular weight excluding hydrogens is 258 g/mol. The van der Waals surface area contributed by atoms with Gasteiger partial charge >= 0.3 is 5.69 Å². The van der Waals surface area contributed by atoms with Gasteiger partial charge in [-0.05, 0) is 25.3 Å². The van der Waals surface area contributed by atoms with Gasteiger partial charge in [0.25, 0.3) is 0 Å². The lowest BCUT2D eigenvalue weighted by atomic mass is 10.0. The van der Waals surface area contributed by atoms with Crippen LogP contribution in [0.15, 0.2) is 18.2 Å². The average molecular weight is 277 g/mol. The molecule has 1 aromatic rings. The van der Waals surface area contributed by atoms with Gasteiger partial charge in [0.05, 0.1) is 11.5 Å². The van der Waals surface area contributed by atoms with Crippen molar-refractivity contribution in [3.8, 4) is 5.75 Å². The normalized spacial score (nSPS) is 24.8. The summed E-state index contributed by atoms with van der Waals surface area (Å²) in [5, 5.41) is 14.4. The van der Waals surface area contributed by atoms with E-state index in [0.29, 0.717) is 24.3 Å². The van der Waals surface area contributed by atoms with Crippen molar-refractivity contribution in [1.82, 2.24) is 5.32 Å². The number of hydrogen-bond donors (Lipinski definition) is 1. The molecule has 3 rings (SSSR count). The fourth-order valence-corrected chi connectivity index (χ4v) is 3.27. The topological polar surface area (TPSA) is 67.6 Å². The second-order valence-electron chi connectivity index (χ2n) is 5.31. The van der Waals surface area contributed by atoms with Gasteiger partial charge in [0.15, 0.2) is 5.75 Å². The molecule has 0 aromatic heterocycles. The number of rotatable bonds is 4. The Morgan fingerprint density at radius 1 is 1.50 bits per heavy atom. The first-order valence-electron chi connectivity index (χ1n) is 7.09. The summed E-state index contributed by atoms with van der Waals surface area (Å²) in [6.45, 7) is 5.35. The van der Waals surface area contributed by atoms with Crippen LogP contribution in [0.2, 0.25) is 0 Å². The summed E-state index contributed by atoms with van der Waals surface area (Å²) in [5.41, 5.74) is 1.06. The molecule has 2 fully saturated rings. The highest BCUT2D eigenvalue weighted by molar-refractivity contribution is 5.60. The fourth-order valence-electron chi connectivity index (χ4n) is 3.27. The van der Waals surface area contributed by atoms with E-state index < -0.39 is 4.92 Å². The Hall–Kier alpha value is -1.82. The summed E-state index contributed by atoms with van der Waals surface area (Å²) in [7, 11) is 0. The van der Waals surface area contributed by atoms with Crippen LogP contribution in [0.25, 0.3) is 0 Å². The molecule has 2 atom stereocenters. The number of nitro groups is 1. The molecule has 0 spiro atoms. The van der Waals surface area contributed by atoms with Gasteiger partial charge in [0.1, 0.15) is 0 Å². The molecule has 6 nitrogen and oxygen atoms in total. The van der Waals surface area contributed by atoms with E-state index in [0.717, 1.165) is 25.3 Å². The summed E-state index contributed by atoms with van der Waals surface area (Å²) in [6, 6.07) is 5.70. The summed E-state index contributed by atoms with van der Waals surface area (Å²) >= 11 is 0. The number of benzene rings is 1. The van der Waals surface area contributed by atoms with Crippen LogP contribution in [-0.4, -0.2) is 37.2 Å². The van der Waals surface area contributed by atoms with Crippen LogP contribution in [0.3, 0.4) is 0 Å². The summed E-state index contributed by atoms with van der Waals surface area (Å²) < 4.78 is 5.43. The second-order valence-corrected chi connectivity index (χ2v) is 5.31. The lowest BCUT2D eigenvalue weighted by molar-refractivity contribution is -0.385. The van der Waals surface area contributed by atoms with Crippen molar-refractivity contribution in [3.63, 3.8) is 0 Å². The Kier molecular flexibility index (Phi) is 3.48. The van der Waals surface area contributed by atoms with Gasteiger partial charge in [-0.15, -0.1) is 0 Å². The van der Waals surface area contributed by atoms with E-state index in [9.17, 15) is 10.1 Å². The molecule has 0 aliphatic carbocycles. The van der Waals surface area contributed by atoms with Gasteiger partial charge in [0, 0.05) is 43.5 Å². The van der Waals surface area contributed by atoms with Crippen LogP contribution < -0.4 is 15.0 Å². The largest absolute Gasteiger partial charge is 0.487 e. The molecule has 2 heterocycles. The van der Waals surface area contributed by atoms with E-state index in [1.807, 2.05) is 19.1 Å². The van der Waals surface area contributed by atoms with Crippen molar-refractivity contribution in [2.24, 2.45) is 5.92 Å². The Balaban J connectivity index is 1.90. The van der Waals surface area contributed by atoms with Crippen LogP contribution in [0.5, 0.6) is 5.75 Å². The van der Waals surface area contributed by atoms with E-state index in [1.165, 1.54) is 6.42 Å². The molecule has 6 heteroatoms. The standard InChI is InChI=1S/C14H19N3O3/c1-2-20-14-7-11(3-4-12(14)17(18)19)16-6-5-10-8-15-9-13(10)16/h3-4,7,10,13,15H,2,5-6,8-9H2,1H3/t10-,13+/m0/s1. The van der Waals surface area contributed by atoms with Gasteiger partial charge in [-0.25, -0.2) is 0 Å². The highest BCUT2D eigenvalue weighted by Crippen LogP contribution is 2.37. The van der Waals surface area contributed by atoms with E-state index >= 15 is 0 Å². The molecule has 108 valence electrons. The zero-order valence-electron chi connectivity index (χ0n) is 11.5. The Labute approximate surface area is 117 Å². The van der Waals surface area contributed by atoms with E-state index in [4.69, 9.17) is 4.74 Å². The van der Waals surface area contributed by atoms with Crippen molar-refractivity contribution in [1.29, 1.82) is 0 Å². The first-order valence-corrected chi connectivity index (χ1v) is 7.09. The van der Waals surface area contributed by atoms with Gasteiger partial charge in [-0.1, -0.05) is 0 Å². The highest BCUT2D eigenvalue weighted by Gasteiger charge is 2.37. The van der Waals surface area contributed by atoms with Crippen molar-refractivity contribution < 1.29 is 9.66 Å². The smallest absolute Gasteiger partial charge is 0.311 e. The Morgan fingerprint density at radius 2 is 2.35 bits per heavy atom. The number of nitro benzene ring substituents is 1. The predicted molar refractivity (Wildman–Crippen MR) is 76.4 cm³/mol. The molecule has 0 bridgehead atoms. The van der Waals surface area contributed by atoms with Crippen molar-refractivity contribution in [2.75, 3.05) is 31.1 Å². The predicted octanol–water partition coefficient (Wildman–Crippen LogP) is 1.79. The maximum absolute atomic E-state index is 11.0. The van der Waals surface area contributed by atoms with Gasteiger partial charge < -0.3 is 15.0 Å². The molecule has 1 N–H and O–H groups in total. The quantitative estimate of drug-likeness (QED) is 0.671. The summed E-state index contributed by atoms with van der Waals surface area (Å²) in [5.74, 6) is 1.06. The van der Waals surface area contributed by atoms with Crippen molar-refractivity contribution in [3.05, 3.63) is 28.3 Å². The van der Waals surface area contributed by atoms with Gasteiger partial charge in [-0.2, -0.15) is 0 Å². The maximum atomic E-state index is 11.0. The van der Waals surface area contributed by atoms with Crippen LogP contribution >= 0.6 is 0 Å². The van der Waals surface area contributed by atoms with Crippen LogP contribution in [0.4, 0.5) is 11.4 Å². The Morgan fingerprint density at radius 3 is 3.10 bits per heavy atom. The summed E-state index contributed by atoms with van der Waals surface area (Å²) in [6.07, 6.45) is 1.18. The zero-order valence-corrected chi connectivity index (χ0v) is 11.5. The average Bonchev–Trinajstić information content (AvgIpc) is 3.01. The molecule has 0 saturated carbocycles. The number of anilines is 1. The van der Waals surface area contributed by atoms with Crippen LogP contribution in [0, 0.1) is 16.0 Å². The monoisotopic (exact) mass is 277 g/mol. The number of nitrogens with one attached hydrogen (secondary N) is 1. The zero-order chi connectivity index (χ0) is 14.1. The minimum absolute atomic E-state index is 0.0379. The fraction of sp³-hybridized carbons (Fsp3) is 0.571. The third-order valence-electron chi connectivity index (χ3n) is 4.22. The molecule has 2 saturated heterocycles. The number of fused-ring (bicyclic) bond motifs is 1. The van der Waals surface area contributed by atoms with E-state index in [2.05, 4.69) is 10.2 Å². The SMILES string of the molecule is CCOc1cc(N2CC[C@H]3CNC[C@H]32)ccc1[N+](=O)[O-]. The molecule has 2 aliphatic heterocycles. The first-order chi connectivity index (χ1) is 9.70. The van der Waals surface area contributed by atoms with Crippen molar-refractivity contribution in [2.45, 2.75) is 19.4 Å². The molecule has 0 amide bonds. The lowest BCUT2D eigenvalue weighted by Crippen LogP contribution is -2.34. The molecule has 0 unspecified atom stereocenters. The van der Waals surface area contributed by atoms with E-state index in [1.54, 1.807) is 6.07 Å². The maximum Gasteiger partial charge on any atom is 0.311 e. The number of ether oxygens (including phenoxy) is 1. The van der Waals surface area contributed by atoms with Crippen LogP contribution in [-0.2, 0) is 0 Å². The molecule has 0 radical (unpaired) electrons. The molecule has 2 aliphatic rings. The second kappa shape index (κ2) is 5.28. The molecular formula is C14H19N3O3. The third kappa shape index (κ3) is 2.20. The number of hydrogen-bond acceptors (Lipinski definition) is 5. The minimum atomic E-state index is -0.390. The van der Waals surface area contributed by atoms with Gasteiger partial charge in [-0.3, -0.25) is 10.1 Å².